The van der Waals surface area contributed by atoms with Gasteiger partial charge in [-0.05, 0) is 6.42 Å². The second-order valence-corrected chi connectivity index (χ2v) is 8.44. The Kier molecular flexibility index (Phi) is 4.68. The van der Waals surface area contributed by atoms with Crippen molar-refractivity contribution in [1.29, 1.82) is 0 Å². The van der Waals surface area contributed by atoms with Gasteiger partial charge >= 0.3 is 6.18 Å². The first kappa shape index (κ1) is 18.4. The van der Waals surface area contributed by atoms with Crippen molar-refractivity contribution in [3.8, 4) is 5.06 Å². The Morgan fingerprint density at radius 1 is 1.39 bits per heavy atom. The van der Waals surface area contributed by atoms with Crippen LogP contribution in [0.5, 0.6) is 5.06 Å². The second kappa shape index (κ2) is 5.85. The predicted molar refractivity (Wildman–Crippen MR) is 71.8 cm³/mol. The van der Waals surface area contributed by atoms with Crippen LogP contribution in [0.3, 0.4) is 0 Å². The lowest BCUT2D eigenvalue weighted by Crippen LogP contribution is -2.22. The molecule has 0 saturated heterocycles. The van der Waals surface area contributed by atoms with Gasteiger partial charge in [-0.2, -0.15) is 13.2 Å². The summed E-state index contributed by atoms with van der Waals surface area (Å²) in [6, 6.07) is 0. The molecular formula is C12H13F5O4S2. The number of fused-ring (bicyclic) bond motifs is 1. The molecule has 0 spiro atoms. The summed E-state index contributed by atoms with van der Waals surface area (Å²) < 4.78 is 91.4. The predicted octanol–water partition coefficient (Wildman–Crippen LogP) is 3.10. The lowest BCUT2D eigenvalue weighted by atomic mass is 10.2. The van der Waals surface area contributed by atoms with Crippen LogP contribution in [0.2, 0.25) is 0 Å². The number of halogens is 5. The third-order valence-corrected chi connectivity index (χ3v) is 6.24. The average molecular weight is 380 g/mol. The van der Waals surface area contributed by atoms with E-state index in [2.05, 4.69) is 0 Å². The van der Waals surface area contributed by atoms with Gasteiger partial charge < -0.3 is 9.84 Å². The Morgan fingerprint density at radius 3 is 2.52 bits per heavy atom. The highest BCUT2D eigenvalue weighted by molar-refractivity contribution is 7.92. The average Bonchev–Trinajstić information content (AvgIpc) is 2.80. The first-order valence-electron chi connectivity index (χ1n) is 6.44. The molecule has 1 atom stereocenters. The van der Waals surface area contributed by atoms with Crippen molar-refractivity contribution in [2.75, 3.05) is 12.9 Å². The van der Waals surface area contributed by atoms with E-state index in [0.717, 1.165) is 6.26 Å². The number of aliphatic hydroxyl groups excluding tert-OH is 1. The number of hydrogen-bond acceptors (Lipinski definition) is 5. The summed E-state index contributed by atoms with van der Waals surface area (Å²) in [5.41, 5.74) is -0.562. The standard InChI is InChI=1S/C12H13F5O4S2/c1-23(19,20)10-7-6(5-11(13,14)8(7)18)9(22-10)21-4-2-3-12(15,16)17/h8,18H,2-5H2,1H3. The van der Waals surface area contributed by atoms with E-state index in [1.165, 1.54) is 0 Å². The molecule has 1 aliphatic carbocycles. The summed E-state index contributed by atoms with van der Waals surface area (Å²) in [7, 11) is -3.88. The number of hydrogen-bond donors (Lipinski definition) is 1. The van der Waals surface area contributed by atoms with E-state index < -0.39 is 57.3 Å². The molecule has 0 aliphatic heterocycles. The molecule has 2 rings (SSSR count). The molecular weight excluding hydrogens is 367 g/mol. The molecule has 132 valence electrons. The molecule has 1 aromatic rings. The van der Waals surface area contributed by atoms with E-state index in [0.29, 0.717) is 11.3 Å². The second-order valence-electron chi connectivity index (χ2n) is 5.25. The number of aliphatic hydroxyl groups is 1. The molecule has 4 nitrogen and oxygen atoms in total. The molecule has 1 N–H and O–H groups in total. The third-order valence-electron chi connectivity index (χ3n) is 3.24. The van der Waals surface area contributed by atoms with Gasteiger partial charge in [-0.15, -0.1) is 0 Å². The van der Waals surface area contributed by atoms with Crippen LogP contribution in [0.4, 0.5) is 22.0 Å². The van der Waals surface area contributed by atoms with Gasteiger partial charge in [0.25, 0.3) is 5.92 Å². The van der Waals surface area contributed by atoms with Crippen LogP contribution in [0.25, 0.3) is 0 Å². The topological polar surface area (TPSA) is 63.6 Å². The van der Waals surface area contributed by atoms with Crippen molar-refractivity contribution in [1.82, 2.24) is 0 Å². The molecule has 0 aromatic carbocycles. The van der Waals surface area contributed by atoms with E-state index in [-0.39, 0.29) is 17.0 Å². The zero-order chi connectivity index (χ0) is 17.6. The number of alkyl halides is 5. The lowest BCUT2D eigenvalue weighted by Gasteiger charge is -2.14. The van der Waals surface area contributed by atoms with Crippen molar-refractivity contribution >= 4 is 21.2 Å². The fourth-order valence-corrected chi connectivity index (χ4v) is 4.68. The summed E-state index contributed by atoms with van der Waals surface area (Å²) in [6.07, 6.45) is -8.23. The molecule has 0 amide bonds. The van der Waals surface area contributed by atoms with Gasteiger partial charge in [-0.25, -0.2) is 17.2 Å². The minimum absolute atomic E-state index is 0.153. The zero-order valence-electron chi connectivity index (χ0n) is 11.8. The van der Waals surface area contributed by atoms with Crippen molar-refractivity contribution in [2.45, 2.75) is 41.7 Å². The first-order chi connectivity index (χ1) is 10.3. The minimum atomic E-state index is -4.36. The summed E-state index contributed by atoms with van der Waals surface area (Å²) in [5, 5.41) is 9.45. The van der Waals surface area contributed by atoms with E-state index in [1.807, 2.05) is 0 Å². The summed E-state index contributed by atoms with van der Waals surface area (Å²) in [5.74, 6) is -3.54. The highest BCUT2D eigenvalue weighted by atomic mass is 32.2. The van der Waals surface area contributed by atoms with Gasteiger partial charge in [0, 0.05) is 30.2 Å². The van der Waals surface area contributed by atoms with Crippen LogP contribution in [-0.2, 0) is 16.3 Å². The molecule has 11 heteroatoms. The van der Waals surface area contributed by atoms with Crippen LogP contribution < -0.4 is 4.74 Å². The zero-order valence-corrected chi connectivity index (χ0v) is 13.4. The van der Waals surface area contributed by atoms with Gasteiger partial charge in [0.2, 0.25) is 0 Å². The first-order valence-corrected chi connectivity index (χ1v) is 9.15. The van der Waals surface area contributed by atoms with E-state index in [1.54, 1.807) is 0 Å². The monoisotopic (exact) mass is 380 g/mol. The fraction of sp³-hybridized carbons (Fsp3) is 0.667. The number of ether oxygens (including phenoxy) is 1. The third kappa shape index (κ3) is 3.94. The van der Waals surface area contributed by atoms with Crippen LogP contribution in [-0.4, -0.2) is 38.5 Å². The molecule has 0 radical (unpaired) electrons. The highest BCUT2D eigenvalue weighted by Crippen LogP contribution is 2.53. The Hall–Kier alpha value is -0.940. The molecule has 0 fully saturated rings. The Bertz CT molecular complexity index is 693. The molecule has 0 bridgehead atoms. The van der Waals surface area contributed by atoms with Crippen LogP contribution in [0.15, 0.2) is 4.21 Å². The van der Waals surface area contributed by atoms with Gasteiger partial charge in [-0.1, -0.05) is 11.3 Å². The molecule has 0 saturated carbocycles. The number of sulfone groups is 1. The van der Waals surface area contributed by atoms with Gasteiger partial charge in [0.05, 0.1) is 6.61 Å². The lowest BCUT2D eigenvalue weighted by molar-refractivity contribution is -0.136. The Labute approximate surface area is 132 Å². The van der Waals surface area contributed by atoms with Crippen molar-refractivity contribution in [3.05, 3.63) is 11.1 Å². The van der Waals surface area contributed by atoms with Crippen LogP contribution in [0.1, 0.15) is 30.1 Å². The molecule has 1 aromatic heterocycles. The fourth-order valence-electron chi connectivity index (χ4n) is 2.25. The van der Waals surface area contributed by atoms with Crippen molar-refractivity contribution in [3.63, 3.8) is 0 Å². The van der Waals surface area contributed by atoms with Crippen LogP contribution in [0, 0.1) is 0 Å². The van der Waals surface area contributed by atoms with E-state index in [4.69, 9.17) is 4.74 Å². The Morgan fingerprint density at radius 2 is 2.00 bits per heavy atom. The van der Waals surface area contributed by atoms with Gasteiger partial charge in [-0.3, -0.25) is 0 Å². The van der Waals surface area contributed by atoms with Crippen molar-refractivity contribution < 1.29 is 40.2 Å². The minimum Gasteiger partial charge on any atom is -0.484 e. The van der Waals surface area contributed by atoms with Gasteiger partial charge in [0.1, 0.15) is 10.3 Å². The summed E-state index contributed by atoms with van der Waals surface area (Å²) in [4.78, 5) is 0. The largest absolute Gasteiger partial charge is 0.484 e. The highest BCUT2D eigenvalue weighted by Gasteiger charge is 2.51. The number of thiophene rings is 1. The normalized spacial score (nSPS) is 20.6. The van der Waals surface area contributed by atoms with Crippen LogP contribution >= 0.6 is 11.3 Å². The van der Waals surface area contributed by atoms with Gasteiger partial charge in [0.15, 0.2) is 14.9 Å². The van der Waals surface area contributed by atoms with E-state index in [9.17, 15) is 35.5 Å². The SMILES string of the molecule is CS(=O)(=O)c1sc(OCCCC(F)(F)F)c2c1C(O)C(F)(F)C2. The Balaban J connectivity index is 2.25. The summed E-state index contributed by atoms with van der Waals surface area (Å²) >= 11 is 0.547. The molecule has 1 aliphatic rings. The maximum absolute atomic E-state index is 13.6. The molecule has 1 unspecified atom stereocenters. The van der Waals surface area contributed by atoms with Crippen molar-refractivity contribution in [2.24, 2.45) is 0 Å². The quantitative estimate of drug-likeness (QED) is 0.630. The smallest absolute Gasteiger partial charge is 0.389 e. The maximum Gasteiger partial charge on any atom is 0.389 e. The van der Waals surface area contributed by atoms with E-state index >= 15 is 0 Å². The molecule has 23 heavy (non-hydrogen) atoms. The maximum atomic E-state index is 13.6. The number of rotatable bonds is 5. The summed E-state index contributed by atoms with van der Waals surface area (Å²) in [6.45, 7) is -0.392. The molecule has 1 heterocycles.